The van der Waals surface area contributed by atoms with Crippen molar-refractivity contribution in [3.8, 4) is 11.5 Å². The Morgan fingerprint density at radius 3 is 1.78 bits per heavy atom. The Balaban J connectivity index is 2.95. The largest absolute Gasteiger partial charge is 0.514 e. The molecule has 11 nitrogen and oxygen atoms in total. The lowest BCUT2D eigenvalue weighted by Crippen LogP contribution is -2.37. The first kappa shape index (κ1) is 35.7. The molecule has 2 unspecified atom stereocenters. The standard InChI is InChI=1S/C30H47NO10/c1-17(2)20(6)38-28(34)40-24-12-11-22(14-25(24)41-29(35)39-21(7)18(3)4)13-23(31)27(33)37-19(5)16-36-26(32)15-30(8,9)10/h11-12,14,17-21,23H,13,15-16,31H2,1-10H3/t19-,20?,21?,23-/m0/s1. The quantitative estimate of drug-likeness (QED) is 0.176. The number of ether oxygens (including phenoxy) is 6. The lowest BCUT2D eigenvalue weighted by atomic mass is 9.92. The summed E-state index contributed by atoms with van der Waals surface area (Å²) in [4.78, 5) is 49.3. The van der Waals surface area contributed by atoms with E-state index in [2.05, 4.69) is 0 Å². The summed E-state index contributed by atoms with van der Waals surface area (Å²) in [5.74, 6) is -1.17. The number of hydrogen-bond acceptors (Lipinski definition) is 11. The van der Waals surface area contributed by atoms with Crippen molar-refractivity contribution in [1.29, 1.82) is 0 Å². The Labute approximate surface area is 243 Å². The number of hydrogen-bond donors (Lipinski definition) is 1. The molecule has 1 rings (SSSR count). The Morgan fingerprint density at radius 1 is 0.780 bits per heavy atom. The molecule has 41 heavy (non-hydrogen) atoms. The Hall–Kier alpha value is -3.34. The predicted molar refractivity (Wildman–Crippen MR) is 152 cm³/mol. The molecule has 0 heterocycles. The minimum atomic E-state index is -1.08. The molecule has 0 bridgehead atoms. The molecule has 2 N–H and O–H groups in total. The number of nitrogens with two attached hydrogens (primary N) is 1. The van der Waals surface area contributed by atoms with Crippen molar-refractivity contribution in [1.82, 2.24) is 0 Å². The highest BCUT2D eigenvalue weighted by Crippen LogP contribution is 2.30. The fraction of sp³-hybridized carbons (Fsp3) is 0.667. The SMILES string of the molecule is CC(C)C(C)OC(=O)Oc1ccc(C[C@H](N)C(=O)O[C@@H](C)COC(=O)CC(C)(C)C)cc1OC(=O)OC(C)C(C)C. The Morgan fingerprint density at radius 2 is 1.29 bits per heavy atom. The molecule has 0 aromatic heterocycles. The molecular formula is C30H47NO10. The first-order chi connectivity index (χ1) is 18.9. The molecule has 232 valence electrons. The van der Waals surface area contributed by atoms with Crippen LogP contribution in [0.1, 0.15) is 81.2 Å². The van der Waals surface area contributed by atoms with Gasteiger partial charge < -0.3 is 34.2 Å². The Kier molecular flexibility index (Phi) is 14.1. The number of carbonyl (C=O) groups excluding carboxylic acids is 4. The minimum Gasteiger partial charge on any atom is -0.462 e. The lowest BCUT2D eigenvalue weighted by Gasteiger charge is -2.20. The molecule has 0 aliphatic heterocycles. The van der Waals surface area contributed by atoms with Gasteiger partial charge in [-0.3, -0.25) is 9.59 Å². The molecule has 0 saturated carbocycles. The third-order valence-corrected chi connectivity index (χ3v) is 6.07. The summed E-state index contributed by atoms with van der Waals surface area (Å²) in [6.45, 7) is 18.3. The molecule has 1 aromatic carbocycles. The highest BCUT2D eigenvalue weighted by molar-refractivity contribution is 5.76. The van der Waals surface area contributed by atoms with Gasteiger partial charge in [0, 0.05) is 0 Å². The van der Waals surface area contributed by atoms with E-state index in [4.69, 9.17) is 34.2 Å². The number of benzene rings is 1. The van der Waals surface area contributed by atoms with E-state index in [1.165, 1.54) is 12.1 Å². The second kappa shape index (κ2) is 16.2. The lowest BCUT2D eigenvalue weighted by molar-refractivity contribution is -0.159. The van der Waals surface area contributed by atoms with Crippen LogP contribution in [0.5, 0.6) is 11.5 Å². The molecule has 0 radical (unpaired) electrons. The van der Waals surface area contributed by atoms with Crippen molar-refractivity contribution in [2.45, 2.75) is 106 Å². The van der Waals surface area contributed by atoms with Gasteiger partial charge in [-0.25, -0.2) is 9.59 Å². The van der Waals surface area contributed by atoms with Crippen molar-refractivity contribution < 1.29 is 47.6 Å². The van der Waals surface area contributed by atoms with Crippen LogP contribution in [0.15, 0.2) is 18.2 Å². The fourth-order valence-corrected chi connectivity index (χ4v) is 3.00. The van der Waals surface area contributed by atoms with Crippen molar-refractivity contribution in [3.05, 3.63) is 23.8 Å². The molecule has 0 aliphatic rings. The van der Waals surface area contributed by atoms with Gasteiger partial charge in [-0.15, -0.1) is 0 Å². The van der Waals surface area contributed by atoms with E-state index in [-0.39, 0.29) is 54.2 Å². The third kappa shape index (κ3) is 14.2. The van der Waals surface area contributed by atoms with E-state index >= 15 is 0 Å². The van der Waals surface area contributed by atoms with Crippen LogP contribution in [0, 0.1) is 17.3 Å². The molecule has 11 heteroatoms. The third-order valence-electron chi connectivity index (χ3n) is 6.07. The van der Waals surface area contributed by atoms with Crippen LogP contribution >= 0.6 is 0 Å². The van der Waals surface area contributed by atoms with E-state index < -0.39 is 42.6 Å². The summed E-state index contributed by atoms with van der Waals surface area (Å²) >= 11 is 0. The zero-order chi connectivity index (χ0) is 31.5. The van der Waals surface area contributed by atoms with E-state index in [1.807, 2.05) is 48.5 Å². The maximum atomic E-state index is 12.6. The van der Waals surface area contributed by atoms with Crippen LogP contribution < -0.4 is 15.2 Å². The van der Waals surface area contributed by atoms with E-state index in [0.717, 1.165) is 0 Å². The Bertz CT molecular complexity index is 1030. The summed E-state index contributed by atoms with van der Waals surface area (Å²) in [6, 6.07) is 3.31. The summed E-state index contributed by atoms with van der Waals surface area (Å²) in [5.41, 5.74) is 6.34. The van der Waals surface area contributed by atoms with Crippen LogP contribution in [0.25, 0.3) is 0 Å². The van der Waals surface area contributed by atoms with Crippen LogP contribution in [0.4, 0.5) is 9.59 Å². The predicted octanol–water partition coefficient (Wildman–Crippen LogP) is 5.59. The molecular weight excluding hydrogens is 534 g/mol. The zero-order valence-corrected chi connectivity index (χ0v) is 26.0. The van der Waals surface area contributed by atoms with Gasteiger partial charge in [0.1, 0.15) is 31.0 Å². The fourth-order valence-electron chi connectivity index (χ4n) is 3.00. The first-order valence-electron chi connectivity index (χ1n) is 13.9. The summed E-state index contributed by atoms with van der Waals surface area (Å²) < 4.78 is 31.7. The van der Waals surface area contributed by atoms with Gasteiger partial charge >= 0.3 is 24.2 Å². The number of rotatable bonds is 13. The van der Waals surface area contributed by atoms with E-state index in [0.29, 0.717) is 5.56 Å². The molecule has 0 aliphatic carbocycles. The number of carbonyl (C=O) groups is 4. The van der Waals surface area contributed by atoms with Gasteiger partial charge in [0.25, 0.3) is 0 Å². The van der Waals surface area contributed by atoms with Crippen molar-refractivity contribution >= 4 is 24.2 Å². The van der Waals surface area contributed by atoms with Crippen molar-refractivity contribution in [2.24, 2.45) is 23.0 Å². The summed E-state index contributed by atoms with van der Waals surface area (Å²) in [7, 11) is 0. The van der Waals surface area contributed by atoms with E-state index in [1.54, 1.807) is 26.8 Å². The molecule has 0 saturated heterocycles. The topological polar surface area (TPSA) is 150 Å². The van der Waals surface area contributed by atoms with Gasteiger partial charge in [-0.2, -0.15) is 0 Å². The average molecular weight is 582 g/mol. The van der Waals surface area contributed by atoms with Gasteiger partial charge in [-0.1, -0.05) is 54.5 Å². The van der Waals surface area contributed by atoms with E-state index in [9.17, 15) is 19.2 Å². The summed E-state index contributed by atoms with van der Waals surface area (Å²) in [5, 5.41) is 0. The summed E-state index contributed by atoms with van der Waals surface area (Å²) in [6.07, 6.45) is -3.25. The van der Waals surface area contributed by atoms with Crippen LogP contribution in [-0.4, -0.2) is 55.2 Å². The van der Waals surface area contributed by atoms with Crippen LogP contribution in [-0.2, 0) is 35.0 Å². The minimum absolute atomic E-state index is 0.0122. The average Bonchev–Trinajstić information content (AvgIpc) is 2.82. The van der Waals surface area contributed by atoms with Gasteiger partial charge in [0.05, 0.1) is 6.42 Å². The molecule has 0 fully saturated rings. The van der Waals surface area contributed by atoms with Crippen molar-refractivity contribution in [2.75, 3.05) is 6.61 Å². The second-order valence-corrected chi connectivity index (χ2v) is 12.1. The van der Waals surface area contributed by atoms with Gasteiger partial charge in [0.2, 0.25) is 0 Å². The number of esters is 2. The molecule has 0 spiro atoms. The van der Waals surface area contributed by atoms with Gasteiger partial charge in [-0.05, 0) is 62.1 Å². The molecule has 4 atom stereocenters. The normalized spacial score (nSPS) is 14.5. The zero-order valence-electron chi connectivity index (χ0n) is 26.0. The molecule has 0 amide bonds. The smallest absolute Gasteiger partial charge is 0.462 e. The maximum absolute atomic E-state index is 12.6. The maximum Gasteiger partial charge on any atom is 0.514 e. The van der Waals surface area contributed by atoms with Crippen LogP contribution in [0.3, 0.4) is 0 Å². The first-order valence-corrected chi connectivity index (χ1v) is 13.9. The van der Waals surface area contributed by atoms with Crippen LogP contribution in [0.2, 0.25) is 0 Å². The monoisotopic (exact) mass is 581 g/mol. The van der Waals surface area contributed by atoms with Gasteiger partial charge in [0.15, 0.2) is 11.5 Å². The second-order valence-electron chi connectivity index (χ2n) is 12.1. The highest BCUT2D eigenvalue weighted by Gasteiger charge is 2.24. The highest BCUT2D eigenvalue weighted by atomic mass is 16.8. The van der Waals surface area contributed by atoms with Crippen molar-refractivity contribution in [3.63, 3.8) is 0 Å². The molecule has 1 aromatic rings.